The van der Waals surface area contributed by atoms with Crippen molar-refractivity contribution in [3.05, 3.63) is 41.7 Å². The Kier molecular flexibility index (Phi) is 4.96. The van der Waals surface area contributed by atoms with Crippen LogP contribution < -0.4 is 10.5 Å². The summed E-state index contributed by atoms with van der Waals surface area (Å²) in [5, 5.41) is 0. The Bertz CT molecular complexity index is 545. The molecule has 1 aliphatic rings. The Morgan fingerprint density at radius 3 is 2.76 bits per heavy atom. The van der Waals surface area contributed by atoms with Gasteiger partial charge in [-0.25, -0.2) is 4.39 Å². The summed E-state index contributed by atoms with van der Waals surface area (Å²) in [6.07, 6.45) is 4.38. The Balaban J connectivity index is 2.06. The van der Waals surface area contributed by atoms with E-state index in [-0.39, 0.29) is 23.6 Å². The first-order valence-electron chi connectivity index (χ1n) is 7.10. The summed E-state index contributed by atoms with van der Waals surface area (Å²) < 4.78 is 18.6. The number of rotatable bonds is 5. The number of amides is 1. The number of nitrogens with two attached hydrogens (primary N) is 1. The van der Waals surface area contributed by atoms with Crippen molar-refractivity contribution in [3.63, 3.8) is 0 Å². The molecular weight excluding hydrogens is 271 g/mol. The first-order valence-corrected chi connectivity index (χ1v) is 7.10. The van der Waals surface area contributed by atoms with Crippen molar-refractivity contribution in [3.8, 4) is 5.75 Å². The number of hydrogen-bond acceptors (Lipinski definition) is 3. The molecule has 0 fully saturated rings. The van der Waals surface area contributed by atoms with E-state index in [1.165, 1.54) is 13.2 Å². The number of ether oxygens (including phenoxy) is 1. The molecule has 0 saturated heterocycles. The van der Waals surface area contributed by atoms with Crippen molar-refractivity contribution in [2.75, 3.05) is 13.7 Å². The molecule has 1 amide bonds. The van der Waals surface area contributed by atoms with E-state index in [4.69, 9.17) is 10.5 Å². The van der Waals surface area contributed by atoms with Gasteiger partial charge < -0.3 is 15.4 Å². The number of carbonyl (C=O) groups is 1. The van der Waals surface area contributed by atoms with Gasteiger partial charge in [0, 0.05) is 19.1 Å². The van der Waals surface area contributed by atoms with Crippen LogP contribution in [0.5, 0.6) is 5.75 Å². The summed E-state index contributed by atoms with van der Waals surface area (Å²) in [5.74, 6) is -0.333. The molecule has 0 bridgehead atoms. The minimum Gasteiger partial charge on any atom is -0.494 e. The fourth-order valence-corrected chi connectivity index (χ4v) is 2.52. The van der Waals surface area contributed by atoms with E-state index in [2.05, 4.69) is 0 Å². The fourth-order valence-electron chi connectivity index (χ4n) is 2.52. The second-order valence-corrected chi connectivity index (χ2v) is 5.21. The number of carbonyl (C=O) groups excluding carboxylic acids is 1. The van der Waals surface area contributed by atoms with Crippen LogP contribution in [0.4, 0.5) is 4.39 Å². The highest BCUT2D eigenvalue weighted by Gasteiger charge is 2.26. The van der Waals surface area contributed by atoms with Gasteiger partial charge in [0.05, 0.1) is 13.0 Å². The SMILES string of the molecule is CCN(Cc1ccc(OC)c(F)c1)C(=O)C1C=CC(N)C1. The van der Waals surface area contributed by atoms with Gasteiger partial charge in [-0.1, -0.05) is 18.2 Å². The standard InChI is InChI=1S/C16H21FN2O2/c1-3-19(16(20)12-5-6-13(18)9-12)10-11-4-7-15(21-2)14(17)8-11/h4-8,12-13H,3,9-10,18H2,1-2H3. The van der Waals surface area contributed by atoms with Gasteiger partial charge in [-0.2, -0.15) is 0 Å². The second kappa shape index (κ2) is 6.72. The number of nitrogens with zero attached hydrogens (tertiary/aromatic N) is 1. The minimum atomic E-state index is -0.415. The molecule has 0 heterocycles. The van der Waals surface area contributed by atoms with Gasteiger partial charge in [-0.3, -0.25) is 4.79 Å². The molecule has 4 nitrogen and oxygen atoms in total. The van der Waals surface area contributed by atoms with Crippen molar-refractivity contribution < 1.29 is 13.9 Å². The molecule has 2 N–H and O–H groups in total. The van der Waals surface area contributed by atoms with Crippen LogP contribution >= 0.6 is 0 Å². The molecule has 114 valence electrons. The maximum atomic E-state index is 13.7. The van der Waals surface area contributed by atoms with Gasteiger partial charge in [0.15, 0.2) is 11.6 Å². The largest absolute Gasteiger partial charge is 0.494 e. The third kappa shape index (κ3) is 3.61. The van der Waals surface area contributed by atoms with Crippen LogP contribution in [-0.4, -0.2) is 30.5 Å². The van der Waals surface area contributed by atoms with Gasteiger partial charge in [0.2, 0.25) is 5.91 Å². The predicted molar refractivity (Wildman–Crippen MR) is 79.3 cm³/mol. The Morgan fingerprint density at radius 1 is 1.48 bits per heavy atom. The molecule has 2 atom stereocenters. The average Bonchev–Trinajstić information content (AvgIpc) is 2.91. The minimum absolute atomic E-state index is 0.0397. The van der Waals surface area contributed by atoms with Gasteiger partial charge in [0.25, 0.3) is 0 Å². The normalized spacial score (nSPS) is 20.6. The topological polar surface area (TPSA) is 55.6 Å². The molecule has 0 radical (unpaired) electrons. The van der Waals surface area contributed by atoms with Crippen molar-refractivity contribution in [2.45, 2.75) is 25.9 Å². The van der Waals surface area contributed by atoms with E-state index in [1.807, 2.05) is 19.1 Å². The Morgan fingerprint density at radius 2 is 2.24 bits per heavy atom. The van der Waals surface area contributed by atoms with E-state index >= 15 is 0 Å². The van der Waals surface area contributed by atoms with E-state index in [1.54, 1.807) is 17.0 Å². The summed E-state index contributed by atoms with van der Waals surface area (Å²) in [7, 11) is 1.43. The van der Waals surface area contributed by atoms with Crippen LogP contribution in [0.3, 0.4) is 0 Å². The van der Waals surface area contributed by atoms with E-state index in [9.17, 15) is 9.18 Å². The van der Waals surface area contributed by atoms with E-state index in [0.29, 0.717) is 19.5 Å². The molecule has 0 aromatic heterocycles. The summed E-state index contributed by atoms with van der Waals surface area (Å²) in [4.78, 5) is 14.2. The quantitative estimate of drug-likeness (QED) is 0.845. The average molecular weight is 292 g/mol. The molecular formula is C16H21FN2O2. The molecule has 2 rings (SSSR count). The zero-order valence-electron chi connectivity index (χ0n) is 12.4. The van der Waals surface area contributed by atoms with Crippen LogP contribution in [0.2, 0.25) is 0 Å². The second-order valence-electron chi connectivity index (χ2n) is 5.21. The first-order chi connectivity index (χ1) is 10.0. The first kappa shape index (κ1) is 15.5. The fraction of sp³-hybridized carbons (Fsp3) is 0.438. The maximum Gasteiger partial charge on any atom is 0.229 e. The molecule has 5 heteroatoms. The van der Waals surface area contributed by atoms with Crippen LogP contribution in [0, 0.1) is 11.7 Å². The highest BCUT2D eigenvalue weighted by Crippen LogP contribution is 2.22. The number of benzene rings is 1. The predicted octanol–water partition coefficient (Wildman–Crippen LogP) is 2.09. The van der Waals surface area contributed by atoms with E-state index < -0.39 is 5.82 Å². The monoisotopic (exact) mass is 292 g/mol. The highest BCUT2D eigenvalue weighted by molar-refractivity contribution is 5.81. The lowest BCUT2D eigenvalue weighted by Gasteiger charge is -2.24. The Labute approximate surface area is 124 Å². The zero-order chi connectivity index (χ0) is 15.4. The van der Waals surface area contributed by atoms with Gasteiger partial charge >= 0.3 is 0 Å². The number of halogens is 1. The molecule has 0 aliphatic heterocycles. The third-order valence-electron chi connectivity index (χ3n) is 3.72. The lowest BCUT2D eigenvalue weighted by molar-refractivity contribution is -0.134. The van der Waals surface area contributed by atoms with E-state index in [0.717, 1.165) is 5.56 Å². The summed E-state index contributed by atoms with van der Waals surface area (Å²) in [6, 6.07) is 4.71. The van der Waals surface area contributed by atoms with Crippen molar-refractivity contribution >= 4 is 5.91 Å². The molecule has 1 aliphatic carbocycles. The van der Waals surface area contributed by atoms with Crippen molar-refractivity contribution in [1.82, 2.24) is 4.90 Å². The zero-order valence-corrected chi connectivity index (χ0v) is 12.4. The molecule has 0 saturated carbocycles. The lowest BCUT2D eigenvalue weighted by atomic mass is 10.1. The van der Waals surface area contributed by atoms with Gasteiger partial charge in [-0.15, -0.1) is 0 Å². The molecule has 1 aromatic carbocycles. The molecule has 2 unspecified atom stereocenters. The van der Waals surface area contributed by atoms with Crippen LogP contribution in [0.15, 0.2) is 30.4 Å². The number of methoxy groups -OCH3 is 1. The van der Waals surface area contributed by atoms with Crippen molar-refractivity contribution in [2.24, 2.45) is 11.7 Å². The molecule has 21 heavy (non-hydrogen) atoms. The summed E-state index contributed by atoms with van der Waals surface area (Å²) in [5.41, 5.74) is 6.53. The van der Waals surface area contributed by atoms with Gasteiger partial charge in [-0.05, 0) is 31.0 Å². The lowest BCUT2D eigenvalue weighted by Crippen LogP contribution is -2.35. The maximum absolute atomic E-state index is 13.7. The summed E-state index contributed by atoms with van der Waals surface area (Å²) >= 11 is 0. The van der Waals surface area contributed by atoms with Crippen molar-refractivity contribution in [1.29, 1.82) is 0 Å². The Hall–Kier alpha value is -1.88. The van der Waals surface area contributed by atoms with Crippen LogP contribution in [0.1, 0.15) is 18.9 Å². The highest BCUT2D eigenvalue weighted by atomic mass is 19.1. The summed E-state index contributed by atoms with van der Waals surface area (Å²) in [6.45, 7) is 2.87. The number of hydrogen-bond donors (Lipinski definition) is 1. The van der Waals surface area contributed by atoms with Gasteiger partial charge in [0.1, 0.15) is 0 Å². The molecule has 0 spiro atoms. The smallest absolute Gasteiger partial charge is 0.229 e. The third-order valence-corrected chi connectivity index (χ3v) is 3.72. The van der Waals surface area contributed by atoms with Crippen LogP contribution in [-0.2, 0) is 11.3 Å². The van der Waals surface area contributed by atoms with Crippen LogP contribution in [0.25, 0.3) is 0 Å². The molecule has 1 aromatic rings.